The van der Waals surface area contributed by atoms with Crippen LogP contribution in [0, 0.1) is 23.0 Å². The predicted molar refractivity (Wildman–Crippen MR) is 64.4 cm³/mol. The molecule has 0 saturated carbocycles. The first-order valence-corrected chi connectivity index (χ1v) is 5.99. The second-order valence-corrected chi connectivity index (χ2v) is 4.71. The van der Waals surface area contributed by atoms with E-state index in [1.54, 1.807) is 0 Å². The van der Waals surface area contributed by atoms with Gasteiger partial charge in [-0.3, -0.25) is 0 Å². The first-order chi connectivity index (χ1) is 8.61. The van der Waals surface area contributed by atoms with Crippen LogP contribution in [0.5, 0.6) is 0 Å². The molecule has 1 heterocycles. The monoisotopic (exact) mass is 282 g/mol. The normalized spacial score (nSPS) is 10.1. The summed E-state index contributed by atoms with van der Waals surface area (Å²) in [4.78, 5) is 4.45. The minimum Gasteiger partial charge on any atom is -0.248 e. The topological polar surface area (TPSA) is 36.7 Å². The lowest BCUT2D eigenvalue weighted by atomic mass is 10.3. The van der Waals surface area contributed by atoms with Crippen LogP contribution in [-0.4, -0.2) is 4.98 Å². The summed E-state index contributed by atoms with van der Waals surface area (Å²) in [5.41, 5.74) is 0.289. The summed E-state index contributed by atoms with van der Waals surface area (Å²) in [6.45, 7) is 0. The van der Waals surface area contributed by atoms with E-state index in [1.165, 1.54) is 18.3 Å². The molecular weight excluding hydrogens is 278 g/mol. The van der Waals surface area contributed by atoms with Crippen molar-refractivity contribution in [3.63, 3.8) is 0 Å². The molecule has 0 amide bonds. The van der Waals surface area contributed by atoms with Crippen molar-refractivity contribution >= 4 is 23.4 Å². The van der Waals surface area contributed by atoms with Gasteiger partial charge in [-0.1, -0.05) is 23.4 Å². The van der Waals surface area contributed by atoms with Gasteiger partial charge in [0.25, 0.3) is 0 Å². The van der Waals surface area contributed by atoms with Crippen molar-refractivity contribution in [1.82, 2.24) is 4.98 Å². The van der Waals surface area contributed by atoms with Gasteiger partial charge in [0.2, 0.25) is 0 Å². The fourth-order valence-electron chi connectivity index (χ4n) is 1.23. The highest BCUT2D eigenvalue weighted by atomic mass is 35.5. The van der Waals surface area contributed by atoms with Crippen LogP contribution in [-0.2, 0) is 0 Å². The average Bonchev–Trinajstić information content (AvgIpc) is 2.36. The quantitative estimate of drug-likeness (QED) is 0.834. The summed E-state index contributed by atoms with van der Waals surface area (Å²) < 4.78 is 25.8. The number of halogens is 3. The maximum atomic E-state index is 13.0. The van der Waals surface area contributed by atoms with E-state index in [-0.39, 0.29) is 10.6 Å². The number of rotatable bonds is 2. The molecule has 0 aliphatic heterocycles. The molecule has 2 rings (SSSR count). The van der Waals surface area contributed by atoms with E-state index >= 15 is 0 Å². The largest absolute Gasteiger partial charge is 0.248 e. The zero-order chi connectivity index (χ0) is 13.1. The first kappa shape index (κ1) is 12.8. The predicted octanol–water partition coefficient (Wildman–Crippen LogP) is 4.04. The van der Waals surface area contributed by atoms with Crippen LogP contribution in [0.25, 0.3) is 0 Å². The Morgan fingerprint density at radius 1 is 1.22 bits per heavy atom. The lowest BCUT2D eigenvalue weighted by Gasteiger charge is -2.04. The van der Waals surface area contributed by atoms with Gasteiger partial charge in [-0.15, -0.1) is 0 Å². The minimum absolute atomic E-state index is 0.203. The van der Waals surface area contributed by atoms with E-state index in [2.05, 4.69) is 4.98 Å². The number of nitriles is 1. The molecule has 1 aromatic heterocycles. The van der Waals surface area contributed by atoms with Crippen molar-refractivity contribution in [2.24, 2.45) is 0 Å². The maximum absolute atomic E-state index is 13.0. The Morgan fingerprint density at radius 3 is 2.67 bits per heavy atom. The highest BCUT2D eigenvalue weighted by Crippen LogP contribution is 2.33. The van der Waals surface area contributed by atoms with E-state index in [0.717, 1.165) is 23.9 Å². The number of hydrogen-bond acceptors (Lipinski definition) is 3. The third kappa shape index (κ3) is 2.61. The molecule has 0 unspecified atom stereocenters. The highest BCUT2D eigenvalue weighted by Gasteiger charge is 2.10. The van der Waals surface area contributed by atoms with Gasteiger partial charge in [0.15, 0.2) is 11.6 Å². The molecule has 0 saturated heterocycles. The molecule has 0 bridgehead atoms. The second-order valence-electron chi connectivity index (χ2n) is 3.27. The fraction of sp³-hybridized carbons (Fsp3) is 0. The van der Waals surface area contributed by atoms with Crippen molar-refractivity contribution in [2.75, 3.05) is 0 Å². The van der Waals surface area contributed by atoms with Crippen LogP contribution >= 0.6 is 23.4 Å². The number of hydrogen-bond donors (Lipinski definition) is 0. The van der Waals surface area contributed by atoms with Crippen molar-refractivity contribution in [1.29, 1.82) is 5.26 Å². The molecule has 6 heteroatoms. The van der Waals surface area contributed by atoms with Crippen molar-refractivity contribution < 1.29 is 8.78 Å². The van der Waals surface area contributed by atoms with Crippen LogP contribution in [0.3, 0.4) is 0 Å². The van der Waals surface area contributed by atoms with E-state index in [1.807, 2.05) is 6.07 Å². The smallest absolute Gasteiger partial charge is 0.159 e. The molecule has 0 aliphatic carbocycles. The Bertz CT molecular complexity index is 640. The molecule has 90 valence electrons. The van der Waals surface area contributed by atoms with Crippen LogP contribution in [0.4, 0.5) is 8.78 Å². The number of nitrogens with zero attached hydrogens (tertiary/aromatic N) is 2. The van der Waals surface area contributed by atoms with Crippen molar-refractivity contribution in [3.05, 3.63) is 52.7 Å². The van der Waals surface area contributed by atoms with Gasteiger partial charge in [0.05, 0.1) is 10.6 Å². The van der Waals surface area contributed by atoms with E-state index in [0.29, 0.717) is 9.92 Å². The van der Waals surface area contributed by atoms with E-state index in [9.17, 15) is 8.78 Å². The van der Waals surface area contributed by atoms with Gasteiger partial charge in [0, 0.05) is 11.1 Å². The summed E-state index contributed by atoms with van der Waals surface area (Å²) in [6.07, 6.45) is 1.44. The Kier molecular flexibility index (Phi) is 3.80. The molecule has 0 radical (unpaired) electrons. The summed E-state index contributed by atoms with van der Waals surface area (Å²) >= 11 is 7.02. The second kappa shape index (κ2) is 5.34. The van der Waals surface area contributed by atoms with Gasteiger partial charge in [0.1, 0.15) is 11.1 Å². The Labute approximate surface area is 111 Å². The number of pyridine rings is 1. The number of aromatic nitrogens is 1. The molecule has 2 nitrogen and oxygen atoms in total. The molecule has 0 fully saturated rings. The van der Waals surface area contributed by atoms with Gasteiger partial charge >= 0.3 is 0 Å². The first-order valence-electron chi connectivity index (χ1n) is 4.79. The zero-order valence-corrected chi connectivity index (χ0v) is 10.4. The van der Waals surface area contributed by atoms with E-state index in [4.69, 9.17) is 16.9 Å². The van der Waals surface area contributed by atoms with Gasteiger partial charge in [-0.25, -0.2) is 13.8 Å². The lowest BCUT2D eigenvalue weighted by Crippen LogP contribution is -1.87. The Hall–Kier alpha value is -1.64. The van der Waals surface area contributed by atoms with Gasteiger partial charge < -0.3 is 0 Å². The molecule has 0 N–H and O–H groups in total. The molecule has 0 aliphatic rings. The Balaban J connectivity index is 2.35. The molecule has 1 aromatic carbocycles. The Morgan fingerprint density at radius 2 is 2.00 bits per heavy atom. The average molecular weight is 283 g/mol. The van der Waals surface area contributed by atoms with Crippen molar-refractivity contribution in [3.8, 4) is 6.07 Å². The lowest BCUT2D eigenvalue weighted by molar-refractivity contribution is 0.506. The number of benzene rings is 1. The highest BCUT2D eigenvalue weighted by molar-refractivity contribution is 7.99. The molecular formula is C12H5ClF2N2S. The summed E-state index contributed by atoms with van der Waals surface area (Å²) in [7, 11) is 0. The summed E-state index contributed by atoms with van der Waals surface area (Å²) in [6, 6.07) is 6.90. The van der Waals surface area contributed by atoms with Crippen molar-refractivity contribution in [2.45, 2.75) is 9.92 Å². The molecule has 18 heavy (non-hydrogen) atoms. The zero-order valence-electron chi connectivity index (χ0n) is 8.82. The van der Waals surface area contributed by atoms with E-state index < -0.39 is 11.6 Å². The third-order valence-corrected chi connectivity index (χ3v) is 3.57. The third-order valence-electron chi connectivity index (χ3n) is 2.08. The summed E-state index contributed by atoms with van der Waals surface area (Å²) in [5, 5.41) is 9.39. The van der Waals surface area contributed by atoms with Crippen LogP contribution in [0.15, 0.2) is 40.4 Å². The molecule has 0 atom stereocenters. The SMILES string of the molecule is N#Cc1ccnc(Sc2ccc(F)c(F)c2)c1Cl. The fourth-order valence-corrected chi connectivity index (χ4v) is 2.34. The van der Waals surface area contributed by atoms with Crippen LogP contribution < -0.4 is 0 Å². The van der Waals surface area contributed by atoms with Gasteiger partial charge in [-0.05, 0) is 24.3 Å². The molecule has 0 spiro atoms. The maximum Gasteiger partial charge on any atom is 0.159 e. The van der Waals surface area contributed by atoms with Gasteiger partial charge in [-0.2, -0.15) is 5.26 Å². The summed E-state index contributed by atoms with van der Waals surface area (Å²) in [5.74, 6) is -1.85. The van der Waals surface area contributed by atoms with Crippen LogP contribution in [0.1, 0.15) is 5.56 Å². The van der Waals surface area contributed by atoms with Crippen LogP contribution in [0.2, 0.25) is 5.02 Å². The standard InChI is InChI=1S/C12H5ClF2N2S/c13-11-7(6-16)3-4-17-12(11)18-8-1-2-9(14)10(15)5-8/h1-5H. The minimum atomic E-state index is -0.937. The molecule has 2 aromatic rings.